The molecule has 4 aromatic rings. The lowest BCUT2D eigenvalue weighted by Crippen LogP contribution is -3.00. The maximum absolute atomic E-state index is 5.80. The zero-order chi connectivity index (χ0) is 25.4. The smallest absolute Gasteiger partial charge is 0.231 e. The molecule has 6 nitrogen and oxygen atoms in total. The van der Waals surface area contributed by atoms with Crippen molar-refractivity contribution < 1.29 is 40.5 Å². The van der Waals surface area contributed by atoms with Gasteiger partial charge in [0, 0.05) is 30.3 Å². The van der Waals surface area contributed by atoms with E-state index in [-0.39, 0.29) is 23.8 Å². The number of methoxy groups -OCH3 is 2. The minimum atomic E-state index is 0. The largest absolute Gasteiger partial charge is 1.00 e. The third kappa shape index (κ3) is 4.64. The Labute approximate surface area is 234 Å². The molecule has 38 heavy (non-hydrogen) atoms. The number of nitrogens with one attached hydrogen (secondary N) is 1. The molecule has 0 fully saturated rings. The van der Waals surface area contributed by atoms with Crippen LogP contribution in [-0.2, 0) is 19.4 Å². The van der Waals surface area contributed by atoms with Gasteiger partial charge in [0.2, 0.25) is 12.5 Å². The zero-order valence-corrected chi connectivity index (χ0v) is 23.7. The molecule has 1 aromatic heterocycles. The Hall–Kier alpha value is -3.45. The lowest BCUT2D eigenvalue weighted by Gasteiger charge is -2.22. The monoisotopic (exact) mass is 576 g/mol. The summed E-state index contributed by atoms with van der Waals surface area (Å²) in [5.41, 5.74) is 7.36. The third-order valence-corrected chi connectivity index (χ3v) is 7.46. The number of halogens is 1. The average Bonchev–Trinajstić information content (AvgIpc) is 3.39. The van der Waals surface area contributed by atoms with Crippen molar-refractivity contribution >= 4 is 16.5 Å². The van der Waals surface area contributed by atoms with Gasteiger partial charge < -0.3 is 41.2 Å². The predicted molar refractivity (Wildman–Crippen MR) is 145 cm³/mol. The molecule has 0 aliphatic carbocycles. The average molecular weight is 578 g/mol. The fourth-order valence-corrected chi connectivity index (χ4v) is 5.53. The number of benzene rings is 3. The molecular formula is C31H33BrN2O4. The number of rotatable bonds is 8. The summed E-state index contributed by atoms with van der Waals surface area (Å²) in [6.07, 6.45) is 6.29. The number of unbranched alkanes of at least 4 members (excludes halogenated alkanes) is 1. The van der Waals surface area contributed by atoms with Crippen LogP contribution in [0.3, 0.4) is 0 Å². The number of fused-ring (bicyclic) bond motifs is 5. The molecule has 0 amide bonds. The Morgan fingerprint density at radius 2 is 1.74 bits per heavy atom. The fourth-order valence-electron chi connectivity index (χ4n) is 5.53. The van der Waals surface area contributed by atoms with Crippen LogP contribution >= 0.6 is 0 Å². The number of nitrogens with zero attached hydrogens (tertiary/aromatic N) is 1. The van der Waals surface area contributed by atoms with Crippen LogP contribution in [-0.4, -0.2) is 27.6 Å². The van der Waals surface area contributed by atoms with Crippen molar-refractivity contribution in [1.29, 1.82) is 0 Å². The summed E-state index contributed by atoms with van der Waals surface area (Å²) >= 11 is 0. The number of pyridine rings is 1. The van der Waals surface area contributed by atoms with Gasteiger partial charge in [0.25, 0.3) is 0 Å². The van der Waals surface area contributed by atoms with E-state index in [0.717, 1.165) is 67.5 Å². The molecule has 6 rings (SSSR count). The highest BCUT2D eigenvalue weighted by Crippen LogP contribution is 2.43. The number of hydrogen-bond donors (Lipinski definition) is 1. The van der Waals surface area contributed by atoms with Crippen molar-refractivity contribution in [2.24, 2.45) is 0 Å². The second-order valence-electron chi connectivity index (χ2n) is 9.67. The molecule has 198 valence electrons. The number of hydrogen-bond acceptors (Lipinski definition) is 5. The predicted octanol–water partition coefficient (Wildman–Crippen LogP) is 2.90. The van der Waals surface area contributed by atoms with Crippen LogP contribution in [0, 0.1) is 0 Å². The van der Waals surface area contributed by atoms with E-state index in [2.05, 4.69) is 59.4 Å². The van der Waals surface area contributed by atoms with E-state index >= 15 is 0 Å². The minimum Gasteiger partial charge on any atom is -1.00 e. The van der Waals surface area contributed by atoms with Crippen molar-refractivity contribution in [3.63, 3.8) is 0 Å². The van der Waals surface area contributed by atoms with Crippen LogP contribution in [0.15, 0.2) is 54.7 Å². The molecule has 2 aliphatic rings. The summed E-state index contributed by atoms with van der Waals surface area (Å²) in [5, 5.41) is 6.10. The van der Waals surface area contributed by atoms with Gasteiger partial charge in [0.1, 0.15) is 11.5 Å². The minimum absolute atomic E-state index is 0. The van der Waals surface area contributed by atoms with Crippen LogP contribution in [0.25, 0.3) is 22.0 Å². The van der Waals surface area contributed by atoms with Gasteiger partial charge in [0.05, 0.1) is 30.9 Å². The van der Waals surface area contributed by atoms with Gasteiger partial charge in [-0.3, -0.25) is 0 Å². The zero-order valence-electron chi connectivity index (χ0n) is 22.1. The highest BCUT2D eigenvalue weighted by Gasteiger charge is 2.32. The molecule has 3 aromatic carbocycles. The standard InChI is InChI=1S/C31H32N2O4.BrH/c1-4-5-13-32-30-26-18-33-14-12-21-16-28-29(37-19-36-28)17-24(21)31(33)25(23(26)10-11-27(30)35-3)15-20-6-8-22(34-2)9-7-20;/h6-11,16-18H,4-5,12-15,19H2,1-3H3;1H. The summed E-state index contributed by atoms with van der Waals surface area (Å²) in [7, 11) is 3.45. The molecule has 1 N–H and O–H groups in total. The summed E-state index contributed by atoms with van der Waals surface area (Å²) in [5.74, 6) is 3.40. The van der Waals surface area contributed by atoms with E-state index in [1.54, 1.807) is 14.2 Å². The molecule has 0 saturated carbocycles. The number of anilines is 1. The third-order valence-electron chi connectivity index (χ3n) is 7.46. The molecule has 0 saturated heterocycles. The molecular weight excluding hydrogens is 544 g/mol. The van der Waals surface area contributed by atoms with E-state index in [9.17, 15) is 0 Å². The highest BCUT2D eigenvalue weighted by molar-refractivity contribution is 6.00. The van der Waals surface area contributed by atoms with Crippen LogP contribution in [0.5, 0.6) is 23.0 Å². The first kappa shape index (κ1) is 26.2. The molecule has 0 radical (unpaired) electrons. The van der Waals surface area contributed by atoms with Gasteiger partial charge in [-0.25, -0.2) is 0 Å². The van der Waals surface area contributed by atoms with Gasteiger partial charge in [-0.2, -0.15) is 4.57 Å². The van der Waals surface area contributed by atoms with Crippen molar-refractivity contribution in [2.75, 3.05) is 32.9 Å². The number of ether oxygens (including phenoxy) is 4. The van der Waals surface area contributed by atoms with Gasteiger partial charge in [-0.15, -0.1) is 0 Å². The SMILES string of the molecule is CCCCNc1c(OC)ccc2c(Cc3ccc(OC)cc3)c3[n+](cc12)CCc1cc2c(cc1-3)OCO2.[Br-]. The molecule has 0 spiro atoms. The van der Waals surface area contributed by atoms with E-state index in [1.807, 2.05) is 12.1 Å². The Morgan fingerprint density at radius 1 is 0.947 bits per heavy atom. The molecule has 7 heteroatoms. The van der Waals surface area contributed by atoms with Crippen molar-refractivity contribution in [2.45, 2.75) is 39.2 Å². The van der Waals surface area contributed by atoms with E-state index in [0.29, 0.717) is 0 Å². The molecule has 0 bridgehead atoms. The van der Waals surface area contributed by atoms with Gasteiger partial charge >= 0.3 is 0 Å². The topological polar surface area (TPSA) is 52.8 Å². The van der Waals surface area contributed by atoms with Gasteiger partial charge in [0.15, 0.2) is 24.2 Å². The Bertz CT molecular complexity index is 1470. The molecule has 0 unspecified atom stereocenters. The number of aryl methyl sites for hydroxylation is 2. The Balaban J connectivity index is 0.00000294. The van der Waals surface area contributed by atoms with Crippen molar-refractivity contribution in [1.82, 2.24) is 0 Å². The summed E-state index contributed by atoms with van der Waals surface area (Å²) < 4.78 is 25.1. The maximum atomic E-state index is 5.80. The molecule has 3 heterocycles. The summed E-state index contributed by atoms with van der Waals surface area (Å²) in [6.45, 7) is 4.30. The van der Waals surface area contributed by atoms with Gasteiger partial charge in [-0.1, -0.05) is 25.5 Å². The first-order valence-corrected chi connectivity index (χ1v) is 13.1. The fraction of sp³-hybridized carbons (Fsp3) is 0.323. The van der Waals surface area contributed by atoms with E-state index in [4.69, 9.17) is 18.9 Å². The lowest BCUT2D eigenvalue weighted by atomic mass is 9.88. The second-order valence-corrected chi connectivity index (χ2v) is 9.67. The Kier molecular flexibility index (Phi) is 7.65. The summed E-state index contributed by atoms with van der Waals surface area (Å²) in [4.78, 5) is 0. The summed E-state index contributed by atoms with van der Waals surface area (Å²) in [6, 6.07) is 17.0. The van der Waals surface area contributed by atoms with Crippen molar-refractivity contribution in [3.05, 3.63) is 71.4 Å². The quantitative estimate of drug-likeness (QED) is 0.258. The van der Waals surface area contributed by atoms with E-state index in [1.165, 1.54) is 38.7 Å². The highest BCUT2D eigenvalue weighted by atomic mass is 79.9. The maximum Gasteiger partial charge on any atom is 0.231 e. The molecule has 2 aliphatic heterocycles. The first-order chi connectivity index (χ1) is 18.2. The normalized spacial score (nSPS) is 12.9. The second kappa shape index (κ2) is 11.1. The van der Waals surface area contributed by atoms with E-state index < -0.39 is 0 Å². The van der Waals surface area contributed by atoms with Crippen LogP contribution in [0.4, 0.5) is 5.69 Å². The Morgan fingerprint density at radius 3 is 2.47 bits per heavy atom. The van der Waals surface area contributed by atoms with Crippen LogP contribution < -0.4 is 45.8 Å². The van der Waals surface area contributed by atoms with Crippen LogP contribution in [0.1, 0.15) is 36.5 Å². The van der Waals surface area contributed by atoms with Gasteiger partial charge in [-0.05, 0) is 53.9 Å². The first-order valence-electron chi connectivity index (χ1n) is 13.1. The number of aromatic nitrogens is 1. The lowest BCUT2D eigenvalue weighted by molar-refractivity contribution is -0.686. The molecule has 0 atom stereocenters. The van der Waals surface area contributed by atoms with Crippen molar-refractivity contribution in [3.8, 4) is 34.3 Å². The van der Waals surface area contributed by atoms with Crippen LogP contribution in [0.2, 0.25) is 0 Å².